The number of rotatable bonds is 4. The number of hydrogen-bond donors (Lipinski definition) is 1. The van der Waals surface area contributed by atoms with Crippen molar-refractivity contribution in [3.8, 4) is 0 Å². The van der Waals surface area contributed by atoms with Crippen molar-refractivity contribution in [2.45, 2.75) is 25.9 Å². The molecule has 0 radical (unpaired) electrons. The molecule has 0 fully saturated rings. The molecule has 0 aliphatic carbocycles. The van der Waals surface area contributed by atoms with Gasteiger partial charge in [0.2, 0.25) is 0 Å². The van der Waals surface area contributed by atoms with Gasteiger partial charge in [-0.1, -0.05) is 17.2 Å². The maximum atomic E-state index is 9.69. The van der Waals surface area contributed by atoms with Crippen LogP contribution in [-0.2, 0) is 0 Å². The molecule has 0 saturated carbocycles. The maximum Gasteiger partial charge on any atom is 0.0932 e. The van der Waals surface area contributed by atoms with Crippen molar-refractivity contribution in [3.63, 3.8) is 0 Å². The Morgan fingerprint density at radius 3 is 2.85 bits per heavy atom. The fourth-order valence-corrected chi connectivity index (χ4v) is 2.11. The predicted molar refractivity (Wildman–Crippen MR) is 58.3 cm³/mol. The van der Waals surface area contributed by atoms with Crippen LogP contribution >= 0.6 is 22.9 Å². The molecule has 0 spiro atoms. The molecular formula is C10H13ClOS. The van der Waals surface area contributed by atoms with E-state index in [9.17, 15) is 5.11 Å². The molecule has 1 N–H and O–H groups in total. The van der Waals surface area contributed by atoms with E-state index in [0.29, 0.717) is 0 Å². The molecule has 0 aliphatic rings. The van der Waals surface area contributed by atoms with Gasteiger partial charge in [-0.2, -0.15) is 0 Å². The van der Waals surface area contributed by atoms with Gasteiger partial charge in [-0.15, -0.1) is 17.9 Å². The number of aliphatic hydroxyl groups excluding tert-OH is 1. The average Bonchev–Trinajstić information content (AvgIpc) is 2.47. The third-order valence-electron chi connectivity index (χ3n) is 1.77. The highest BCUT2D eigenvalue weighted by Gasteiger charge is 2.09. The van der Waals surface area contributed by atoms with Gasteiger partial charge in [0.15, 0.2) is 0 Å². The fraction of sp³-hybridized carbons (Fsp3) is 0.400. The summed E-state index contributed by atoms with van der Waals surface area (Å²) in [6.07, 6.45) is 1.19. The van der Waals surface area contributed by atoms with Crippen LogP contribution in [0.3, 0.4) is 0 Å². The van der Waals surface area contributed by atoms with Crippen molar-refractivity contribution >= 4 is 22.9 Å². The summed E-state index contributed by atoms with van der Waals surface area (Å²) in [4.78, 5) is 0.936. The van der Waals surface area contributed by atoms with Crippen LogP contribution < -0.4 is 0 Å². The molecule has 0 aliphatic heterocycles. The van der Waals surface area contributed by atoms with Gasteiger partial charge in [0.05, 0.1) is 10.4 Å². The Bertz CT molecular complexity index is 293. The summed E-state index contributed by atoms with van der Waals surface area (Å²) in [6, 6.07) is 3.68. The summed E-state index contributed by atoms with van der Waals surface area (Å²) in [5.41, 5.74) is 1.10. The van der Waals surface area contributed by atoms with Crippen molar-refractivity contribution in [1.82, 2.24) is 0 Å². The molecule has 1 unspecified atom stereocenters. The van der Waals surface area contributed by atoms with Crippen LogP contribution in [0.25, 0.3) is 0 Å². The minimum Gasteiger partial charge on any atom is -0.388 e. The Balaban J connectivity index is 2.48. The molecule has 0 bridgehead atoms. The average molecular weight is 217 g/mol. The quantitative estimate of drug-likeness (QED) is 0.760. The van der Waals surface area contributed by atoms with Gasteiger partial charge in [-0.05, 0) is 31.9 Å². The molecular weight excluding hydrogens is 204 g/mol. The van der Waals surface area contributed by atoms with Crippen molar-refractivity contribution in [2.24, 2.45) is 0 Å². The molecule has 72 valence electrons. The van der Waals surface area contributed by atoms with Gasteiger partial charge < -0.3 is 5.11 Å². The number of thiophene rings is 1. The van der Waals surface area contributed by atoms with Gasteiger partial charge in [0.1, 0.15) is 0 Å². The molecule has 3 heteroatoms. The Labute approximate surface area is 87.7 Å². The minimum atomic E-state index is -0.394. The summed E-state index contributed by atoms with van der Waals surface area (Å²) < 4.78 is 0.726. The molecule has 1 atom stereocenters. The van der Waals surface area contributed by atoms with Crippen LogP contribution in [0.2, 0.25) is 4.34 Å². The Morgan fingerprint density at radius 2 is 2.38 bits per heavy atom. The van der Waals surface area contributed by atoms with Crippen molar-refractivity contribution < 1.29 is 5.11 Å². The van der Waals surface area contributed by atoms with Crippen molar-refractivity contribution in [3.05, 3.63) is 33.5 Å². The van der Waals surface area contributed by atoms with E-state index in [0.717, 1.165) is 27.6 Å². The summed E-state index contributed by atoms with van der Waals surface area (Å²) in [6.45, 7) is 5.76. The Morgan fingerprint density at radius 1 is 1.69 bits per heavy atom. The molecule has 1 nitrogen and oxygen atoms in total. The van der Waals surface area contributed by atoms with Gasteiger partial charge in [-0.25, -0.2) is 0 Å². The predicted octanol–water partition coefficient (Wildman–Crippen LogP) is 3.79. The lowest BCUT2D eigenvalue weighted by Crippen LogP contribution is -1.93. The van der Waals surface area contributed by atoms with Crippen LogP contribution in [0.5, 0.6) is 0 Å². The van der Waals surface area contributed by atoms with Gasteiger partial charge in [-0.3, -0.25) is 0 Å². The second-order valence-electron chi connectivity index (χ2n) is 3.15. The maximum absolute atomic E-state index is 9.69. The first-order chi connectivity index (χ1) is 6.09. The molecule has 0 amide bonds. The normalized spacial score (nSPS) is 12.8. The summed E-state index contributed by atoms with van der Waals surface area (Å²) in [7, 11) is 0. The zero-order valence-corrected chi connectivity index (χ0v) is 9.16. The topological polar surface area (TPSA) is 20.2 Å². The third kappa shape index (κ3) is 3.51. The van der Waals surface area contributed by atoms with E-state index in [1.165, 1.54) is 11.3 Å². The van der Waals surface area contributed by atoms with Crippen LogP contribution in [-0.4, -0.2) is 5.11 Å². The van der Waals surface area contributed by atoms with Crippen LogP contribution in [0.15, 0.2) is 24.3 Å². The van der Waals surface area contributed by atoms with Crippen LogP contribution in [0, 0.1) is 0 Å². The van der Waals surface area contributed by atoms with E-state index < -0.39 is 6.10 Å². The number of hydrogen-bond acceptors (Lipinski definition) is 2. The zero-order chi connectivity index (χ0) is 9.84. The lowest BCUT2D eigenvalue weighted by molar-refractivity contribution is 0.171. The molecule has 1 aromatic heterocycles. The fourth-order valence-electron chi connectivity index (χ4n) is 1.03. The SMILES string of the molecule is C=C(C)CCC(O)c1ccc(Cl)s1. The van der Waals surface area contributed by atoms with Gasteiger partial charge in [0.25, 0.3) is 0 Å². The molecule has 1 heterocycles. The second kappa shape index (κ2) is 4.80. The number of allylic oxidation sites excluding steroid dienone is 1. The first-order valence-corrected chi connectivity index (χ1v) is 5.36. The van der Waals surface area contributed by atoms with Crippen LogP contribution in [0.1, 0.15) is 30.7 Å². The molecule has 0 saturated heterocycles. The van der Waals surface area contributed by atoms with Crippen molar-refractivity contribution in [1.29, 1.82) is 0 Å². The lowest BCUT2D eigenvalue weighted by atomic mass is 10.1. The number of aliphatic hydroxyl groups is 1. The number of halogens is 1. The Hall–Kier alpha value is -0.310. The largest absolute Gasteiger partial charge is 0.388 e. The molecule has 13 heavy (non-hydrogen) atoms. The highest BCUT2D eigenvalue weighted by Crippen LogP contribution is 2.29. The summed E-state index contributed by atoms with van der Waals surface area (Å²) in [5, 5.41) is 9.69. The Kier molecular flexibility index (Phi) is 3.97. The van der Waals surface area contributed by atoms with Crippen molar-refractivity contribution in [2.75, 3.05) is 0 Å². The lowest BCUT2D eigenvalue weighted by Gasteiger charge is -2.07. The van der Waals surface area contributed by atoms with E-state index in [2.05, 4.69) is 6.58 Å². The zero-order valence-electron chi connectivity index (χ0n) is 7.59. The van der Waals surface area contributed by atoms with E-state index in [1.807, 2.05) is 19.1 Å². The summed E-state index contributed by atoms with van der Waals surface area (Å²) in [5.74, 6) is 0. The van der Waals surface area contributed by atoms with Gasteiger partial charge in [0, 0.05) is 4.88 Å². The molecule has 1 aromatic rings. The van der Waals surface area contributed by atoms with Crippen LogP contribution in [0.4, 0.5) is 0 Å². The van der Waals surface area contributed by atoms with E-state index in [4.69, 9.17) is 11.6 Å². The second-order valence-corrected chi connectivity index (χ2v) is 4.90. The highest BCUT2D eigenvalue weighted by molar-refractivity contribution is 7.16. The van der Waals surface area contributed by atoms with E-state index >= 15 is 0 Å². The van der Waals surface area contributed by atoms with E-state index in [-0.39, 0.29) is 0 Å². The smallest absolute Gasteiger partial charge is 0.0932 e. The monoisotopic (exact) mass is 216 g/mol. The first-order valence-electron chi connectivity index (χ1n) is 4.17. The highest BCUT2D eigenvalue weighted by atomic mass is 35.5. The summed E-state index contributed by atoms with van der Waals surface area (Å²) >= 11 is 7.19. The van der Waals surface area contributed by atoms with Gasteiger partial charge >= 0.3 is 0 Å². The first kappa shape index (κ1) is 10.8. The minimum absolute atomic E-state index is 0.394. The van der Waals surface area contributed by atoms with E-state index in [1.54, 1.807) is 0 Å². The standard InChI is InChI=1S/C10H13ClOS/c1-7(2)3-4-8(12)9-5-6-10(11)13-9/h5-6,8,12H,1,3-4H2,2H3. The molecule has 0 aromatic carbocycles. The molecule has 1 rings (SSSR count). The third-order valence-corrected chi connectivity index (χ3v) is 3.10.